The maximum Gasteiger partial charge on any atom is 0.416 e. The molecular weight excluding hydrogens is 515 g/mol. The van der Waals surface area contributed by atoms with Crippen molar-refractivity contribution in [2.75, 3.05) is 6.61 Å². The first-order valence-electron chi connectivity index (χ1n) is 13.1. The number of halogens is 3. The topological polar surface area (TPSA) is 111 Å². The summed E-state index contributed by atoms with van der Waals surface area (Å²) in [7, 11) is 0. The van der Waals surface area contributed by atoms with Gasteiger partial charge >= 0.3 is 12.1 Å². The van der Waals surface area contributed by atoms with Gasteiger partial charge in [0.2, 0.25) is 0 Å². The maximum atomic E-state index is 13.3. The normalized spacial score (nSPS) is 21.9. The van der Waals surface area contributed by atoms with Gasteiger partial charge in [0, 0.05) is 11.5 Å². The van der Waals surface area contributed by atoms with Crippen LogP contribution in [-0.4, -0.2) is 38.5 Å². The van der Waals surface area contributed by atoms with Gasteiger partial charge in [0.05, 0.1) is 30.0 Å². The minimum absolute atomic E-state index is 0.00850. The fraction of sp³-hybridized carbons (Fsp3) is 0.464. The van der Waals surface area contributed by atoms with Crippen molar-refractivity contribution in [3.63, 3.8) is 0 Å². The predicted octanol–water partition coefficient (Wildman–Crippen LogP) is 4.99. The first-order chi connectivity index (χ1) is 18.6. The molecule has 0 aliphatic heterocycles. The van der Waals surface area contributed by atoms with E-state index in [1.807, 2.05) is 0 Å². The number of hydrogen-bond donors (Lipinski definition) is 1. The Bertz CT molecular complexity index is 1430. The average Bonchev–Trinajstić information content (AvgIpc) is 3.58. The number of benzene rings is 2. The number of nitrogens with zero attached hydrogens (tertiary/aromatic N) is 3. The van der Waals surface area contributed by atoms with Crippen LogP contribution in [0.2, 0.25) is 0 Å². The molecule has 2 aliphatic rings. The molecule has 1 aromatic heterocycles. The highest BCUT2D eigenvalue weighted by molar-refractivity contribution is 6.00. The van der Waals surface area contributed by atoms with Crippen molar-refractivity contribution in [3.05, 3.63) is 63.9 Å². The number of carbonyl (C=O) groups excluding carboxylic acids is 1. The van der Waals surface area contributed by atoms with Gasteiger partial charge in [0.25, 0.3) is 5.56 Å². The second kappa shape index (κ2) is 10.8. The fourth-order valence-corrected chi connectivity index (χ4v) is 5.87. The monoisotopic (exact) mass is 543 g/mol. The molecule has 2 fully saturated rings. The molecule has 0 radical (unpaired) electrons. The van der Waals surface area contributed by atoms with Crippen LogP contribution in [0.4, 0.5) is 13.2 Å². The number of alkyl halides is 3. The van der Waals surface area contributed by atoms with Crippen LogP contribution in [0.1, 0.15) is 54.4 Å². The third-order valence-electron chi connectivity index (χ3n) is 7.97. The van der Waals surface area contributed by atoms with E-state index in [9.17, 15) is 32.7 Å². The standard InChI is InChI=1S/C28H28F3N3O5/c29-28(30,31)19-8-12-23-22(13-19)26(36)34(33-32-23)14-18-7-11-21(24(18)27(37)38)25(35)17-5-9-20(10-6-17)39-15-16-3-1-2-4-16/h5-6,8-10,12-13,16,18,21,24H,1-4,7,11,14-15H2,(H,37,38). The van der Waals surface area contributed by atoms with E-state index in [-0.39, 0.29) is 23.2 Å². The lowest BCUT2D eigenvalue weighted by atomic mass is 9.84. The van der Waals surface area contributed by atoms with Crippen molar-refractivity contribution in [1.29, 1.82) is 0 Å². The summed E-state index contributed by atoms with van der Waals surface area (Å²) >= 11 is 0. The highest BCUT2D eigenvalue weighted by Crippen LogP contribution is 2.40. The third-order valence-corrected chi connectivity index (χ3v) is 7.97. The number of carboxylic acid groups (broad SMARTS) is 1. The zero-order valence-corrected chi connectivity index (χ0v) is 21.1. The van der Waals surface area contributed by atoms with Crippen LogP contribution >= 0.6 is 0 Å². The highest BCUT2D eigenvalue weighted by atomic mass is 19.4. The molecular formula is C28H28F3N3O5. The number of hydrogen-bond acceptors (Lipinski definition) is 6. The first-order valence-corrected chi connectivity index (χ1v) is 13.1. The van der Waals surface area contributed by atoms with Crippen molar-refractivity contribution in [1.82, 2.24) is 15.0 Å². The molecule has 11 heteroatoms. The lowest BCUT2D eigenvalue weighted by molar-refractivity contribution is -0.144. The smallest absolute Gasteiger partial charge is 0.416 e. The van der Waals surface area contributed by atoms with Gasteiger partial charge in [0.15, 0.2) is 5.78 Å². The lowest BCUT2D eigenvalue weighted by Gasteiger charge is -2.21. The van der Waals surface area contributed by atoms with Crippen molar-refractivity contribution in [3.8, 4) is 5.75 Å². The van der Waals surface area contributed by atoms with Crippen LogP contribution in [0.5, 0.6) is 5.75 Å². The van der Waals surface area contributed by atoms with E-state index in [0.717, 1.165) is 35.7 Å². The van der Waals surface area contributed by atoms with Crippen molar-refractivity contribution in [2.24, 2.45) is 23.7 Å². The van der Waals surface area contributed by atoms with Gasteiger partial charge in [-0.05, 0) is 80.0 Å². The Morgan fingerprint density at radius 2 is 1.74 bits per heavy atom. The van der Waals surface area contributed by atoms with Gasteiger partial charge in [-0.2, -0.15) is 13.2 Å². The zero-order chi connectivity index (χ0) is 27.7. The van der Waals surface area contributed by atoms with Crippen LogP contribution < -0.4 is 10.3 Å². The molecule has 3 aromatic rings. The molecule has 8 nitrogen and oxygen atoms in total. The molecule has 1 heterocycles. The van der Waals surface area contributed by atoms with Crippen molar-refractivity contribution in [2.45, 2.75) is 51.2 Å². The quantitative estimate of drug-likeness (QED) is 0.399. The molecule has 0 saturated heterocycles. The second-order valence-corrected chi connectivity index (χ2v) is 10.5. The molecule has 0 spiro atoms. The van der Waals surface area contributed by atoms with E-state index < -0.39 is 41.0 Å². The summed E-state index contributed by atoms with van der Waals surface area (Å²) in [6, 6.07) is 9.31. The minimum atomic E-state index is -4.64. The van der Waals surface area contributed by atoms with Gasteiger partial charge in [-0.25, -0.2) is 4.68 Å². The van der Waals surface area contributed by atoms with Crippen LogP contribution in [0.3, 0.4) is 0 Å². The number of rotatable bonds is 8. The summed E-state index contributed by atoms with van der Waals surface area (Å²) in [5.74, 6) is -2.79. The number of aromatic nitrogens is 3. The van der Waals surface area contributed by atoms with E-state index in [1.165, 1.54) is 12.8 Å². The van der Waals surface area contributed by atoms with Gasteiger partial charge in [-0.3, -0.25) is 14.4 Å². The molecule has 39 heavy (non-hydrogen) atoms. The number of fused-ring (bicyclic) bond motifs is 1. The molecule has 1 N–H and O–H groups in total. The predicted molar refractivity (Wildman–Crippen MR) is 134 cm³/mol. The molecule has 2 aliphatic carbocycles. The third kappa shape index (κ3) is 5.67. The van der Waals surface area contributed by atoms with Gasteiger partial charge in [-0.1, -0.05) is 18.1 Å². The van der Waals surface area contributed by atoms with Crippen molar-refractivity contribution >= 4 is 22.7 Å². The summed E-state index contributed by atoms with van der Waals surface area (Å²) < 4.78 is 46.2. The fourth-order valence-electron chi connectivity index (χ4n) is 5.87. The Morgan fingerprint density at radius 1 is 1.03 bits per heavy atom. The number of carboxylic acids is 1. The van der Waals surface area contributed by atoms with Gasteiger partial charge < -0.3 is 9.84 Å². The van der Waals surface area contributed by atoms with Crippen LogP contribution in [0.15, 0.2) is 47.3 Å². The van der Waals surface area contributed by atoms with E-state index in [1.54, 1.807) is 24.3 Å². The molecule has 206 valence electrons. The minimum Gasteiger partial charge on any atom is -0.493 e. The van der Waals surface area contributed by atoms with E-state index in [2.05, 4.69) is 10.3 Å². The number of aliphatic carboxylic acids is 1. The van der Waals surface area contributed by atoms with Gasteiger partial charge in [0.1, 0.15) is 11.3 Å². The van der Waals surface area contributed by atoms with E-state index >= 15 is 0 Å². The number of ketones is 1. The summed E-state index contributed by atoms with van der Waals surface area (Å²) in [4.78, 5) is 38.5. The first kappa shape index (κ1) is 26.8. The van der Waals surface area contributed by atoms with E-state index in [4.69, 9.17) is 4.74 Å². The number of carbonyl (C=O) groups is 2. The molecule has 0 bridgehead atoms. The van der Waals surface area contributed by atoms with E-state index in [0.29, 0.717) is 36.7 Å². The molecule has 2 aromatic carbocycles. The Morgan fingerprint density at radius 3 is 2.41 bits per heavy atom. The molecule has 3 unspecified atom stereocenters. The number of ether oxygens (including phenoxy) is 1. The number of Topliss-reactive ketones (excluding diaryl/α,β-unsaturated/α-hetero) is 1. The Balaban J connectivity index is 1.31. The van der Waals surface area contributed by atoms with Crippen LogP contribution in [0, 0.1) is 23.7 Å². The molecule has 0 amide bonds. The SMILES string of the molecule is O=C(c1ccc(OCC2CCCC2)cc1)C1CCC(Cn2nnc3ccc(C(F)(F)F)cc3c2=O)C1C(=O)O. The maximum absolute atomic E-state index is 13.3. The highest BCUT2D eigenvalue weighted by Gasteiger charge is 2.45. The van der Waals surface area contributed by atoms with Crippen LogP contribution in [0.25, 0.3) is 10.9 Å². The summed E-state index contributed by atoms with van der Waals surface area (Å²) in [6.45, 7) is 0.458. The summed E-state index contributed by atoms with van der Waals surface area (Å²) in [6.07, 6.45) is 0.746. The zero-order valence-electron chi connectivity index (χ0n) is 21.1. The average molecular weight is 544 g/mol. The summed E-state index contributed by atoms with van der Waals surface area (Å²) in [5.41, 5.74) is -1.40. The second-order valence-electron chi connectivity index (χ2n) is 10.5. The lowest BCUT2D eigenvalue weighted by Crippen LogP contribution is -2.34. The van der Waals surface area contributed by atoms with Crippen molar-refractivity contribution < 1.29 is 32.6 Å². The Labute approximate surface area is 221 Å². The molecule has 3 atom stereocenters. The molecule has 5 rings (SSSR count). The Hall–Kier alpha value is -3.76. The van der Waals surface area contributed by atoms with Gasteiger partial charge in [-0.15, -0.1) is 5.10 Å². The van der Waals surface area contributed by atoms with Crippen LogP contribution in [-0.2, 0) is 17.5 Å². The summed E-state index contributed by atoms with van der Waals surface area (Å²) in [5, 5.41) is 17.4. The largest absolute Gasteiger partial charge is 0.493 e. The Kier molecular flexibility index (Phi) is 7.42. The molecule has 2 saturated carbocycles.